The summed E-state index contributed by atoms with van der Waals surface area (Å²) in [5.41, 5.74) is 1.40. The number of carboxylic acids is 1. The third-order valence-electron chi connectivity index (χ3n) is 5.88. The molecule has 2 aromatic heterocycles. The number of carbonyl (C=O) groups is 2. The number of piperidine rings is 1. The molecule has 0 aromatic carbocycles. The fourth-order valence-electron chi connectivity index (χ4n) is 4.46. The largest absolute Gasteiger partial charge is 0.481 e. The van der Waals surface area contributed by atoms with Gasteiger partial charge in [0.25, 0.3) is 5.91 Å². The first-order valence-electron chi connectivity index (χ1n) is 9.88. The molecule has 150 valence electrons. The van der Waals surface area contributed by atoms with Gasteiger partial charge < -0.3 is 14.7 Å². The van der Waals surface area contributed by atoms with Crippen LogP contribution in [0.4, 0.5) is 0 Å². The molecular formula is C20H26N4O4. The molecule has 1 N–H and O–H groups in total. The van der Waals surface area contributed by atoms with Gasteiger partial charge in [0.1, 0.15) is 0 Å². The number of hydrogen-bond acceptors (Lipinski definition) is 5. The second-order valence-electron chi connectivity index (χ2n) is 7.54. The van der Waals surface area contributed by atoms with E-state index < -0.39 is 5.97 Å². The summed E-state index contributed by atoms with van der Waals surface area (Å²) >= 11 is 0. The van der Waals surface area contributed by atoms with Crippen LogP contribution in [0.15, 0.2) is 30.6 Å². The molecule has 0 radical (unpaired) electrons. The standard InChI is InChI=1S/C20H26N4O4/c25-19(26)5-4-15-14-23(8-6-17(15)22-9-11-28-12-10-22)20(27)16-13-21-24-7-2-1-3-18(16)24/h1-3,7,13,15,17H,4-6,8-12,14H2,(H,25,26)/t15-,17+/m1/s1. The summed E-state index contributed by atoms with van der Waals surface area (Å²) in [5.74, 6) is -0.664. The van der Waals surface area contributed by atoms with Crippen molar-refractivity contribution in [3.8, 4) is 0 Å². The maximum Gasteiger partial charge on any atom is 0.303 e. The SMILES string of the molecule is O=C(O)CC[C@@H]1CN(C(=O)c2cnn3ccccc23)CC[C@@H]1N1CCOCC1. The van der Waals surface area contributed by atoms with Gasteiger partial charge in [0.05, 0.1) is 30.5 Å². The van der Waals surface area contributed by atoms with Crippen LogP contribution in [-0.2, 0) is 9.53 Å². The Morgan fingerprint density at radius 1 is 1.21 bits per heavy atom. The Bertz CT molecular complexity index is 846. The first-order chi connectivity index (χ1) is 13.6. The minimum absolute atomic E-state index is 0.0260. The molecule has 2 fully saturated rings. The molecule has 4 rings (SSSR count). The lowest BCUT2D eigenvalue weighted by Gasteiger charge is -2.45. The van der Waals surface area contributed by atoms with Gasteiger partial charge in [-0.05, 0) is 30.9 Å². The number of rotatable bonds is 5. The summed E-state index contributed by atoms with van der Waals surface area (Å²) in [5, 5.41) is 13.4. The van der Waals surface area contributed by atoms with Gasteiger partial charge in [0.2, 0.25) is 0 Å². The smallest absolute Gasteiger partial charge is 0.303 e. The first-order valence-corrected chi connectivity index (χ1v) is 9.88. The molecule has 2 aromatic rings. The number of carboxylic acid groups (broad SMARTS) is 1. The minimum atomic E-state index is -0.785. The van der Waals surface area contributed by atoms with Crippen LogP contribution in [-0.4, -0.2) is 81.8 Å². The van der Waals surface area contributed by atoms with E-state index in [9.17, 15) is 9.59 Å². The van der Waals surface area contributed by atoms with Crippen LogP contribution in [0, 0.1) is 5.92 Å². The molecule has 0 unspecified atom stereocenters. The topological polar surface area (TPSA) is 87.4 Å². The highest BCUT2D eigenvalue weighted by atomic mass is 16.5. The van der Waals surface area contributed by atoms with Gasteiger partial charge in [-0.3, -0.25) is 14.5 Å². The lowest BCUT2D eigenvalue weighted by atomic mass is 9.86. The van der Waals surface area contributed by atoms with E-state index in [2.05, 4.69) is 10.00 Å². The Kier molecular flexibility index (Phi) is 5.59. The highest BCUT2D eigenvalue weighted by molar-refractivity contribution is 6.00. The van der Waals surface area contributed by atoms with Gasteiger partial charge >= 0.3 is 5.97 Å². The summed E-state index contributed by atoms with van der Waals surface area (Å²) in [6.07, 6.45) is 5.01. The maximum absolute atomic E-state index is 13.2. The predicted octanol–water partition coefficient (Wildman–Crippen LogP) is 1.36. The van der Waals surface area contributed by atoms with Crippen LogP contribution in [0.3, 0.4) is 0 Å². The molecule has 0 saturated carbocycles. The summed E-state index contributed by atoms with van der Waals surface area (Å²) in [4.78, 5) is 28.6. The molecule has 8 heteroatoms. The van der Waals surface area contributed by atoms with Gasteiger partial charge in [0, 0.05) is 44.8 Å². The summed E-state index contributed by atoms with van der Waals surface area (Å²) in [7, 11) is 0. The number of likely N-dealkylation sites (tertiary alicyclic amines) is 1. The lowest BCUT2D eigenvalue weighted by Crippen LogP contribution is -2.55. The van der Waals surface area contributed by atoms with E-state index in [1.54, 1.807) is 10.7 Å². The molecule has 0 spiro atoms. The van der Waals surface area contributed by atoms with Crippen molar-refractivity contribution >= 4 is 17.4 Å². The number of aliphatic carboxylic acids is 1. The molecule has 0 bridgehead atoms. The first kappa shape index (κ1) is 18.9. The van der Waals surface area contributed by atoms with E-state index in [1.807, 2.05) is 29.3 Å². The van der Waals surface area contributed by atoms with E-state index >= 15 is 0 Å². The Morgan fingerprint density at radius 2 is 2.04 bits per heavy atom. The van der Waals surface area contributed by atoms with Gasteiger partial charge in [0.15, 0.2) is 0 Å². The van der Waals surface area contributed by atoms with E-state index in [-0.39, 0.29) is 18.2 Å². The number of nitrogens with zero attached hydrogens (tertiary/aromatic N) is 4. The highest BCUT2D eigenvalue weighted by Crippen LogP contribution is 2.28. The summed E-state index contributed by atoms with van der Waals surface area (Å²) in [6, 6.07) is 5.97. The fraction of sp³-hybridized carbons (Fsp3) is 0.550. The number of hydrogen-bond donors (Lipinski definition) is 1. The zero-order valence-electron chi connectivity index (χ0n) is 15.9. The van der Waals surface area contributed by atoms with Crippen molar-refractivity contribution in [2.24, 2.45) is 5.92 Å². The fourth-order valence-corrected chi connectivity index (χ4v) is 4.46. The van der Waals surface area contributed by atoms with E-state index in [0.717, 1.165) is 25.0 Å². The number of pyridine rings is 1. The molecule has 8 nitrogen and oxygen atoms in total. The van der Waals surface area contributed by atoms with Crippen LogP contribution in [0.5, 0.6) is 0 Å². The van der Waals surface area contributed by atoms with E-state index in [1.165, 1.54) is 0 Å². The Morgan fingerprint density at radius 3 is 2.82 bits per heavy atom. The maximum atomic E-state index is 13.2. The zero-order chi connectivity index (χ0) is 19.5. The quantitative estimate of drug-likeness (QED) is 0.835. The number of aromatic nitrogens is 2. The monoisotopic (exact) mass is 386 g/mol. The van der Waals surface area contributed by atoms with Crippen molar-refractivity contribution in [2.75, 3.05) is 39.4 Å². The predicted molar refractivity (Wildman–Crippen MR) is 102 cm³/mol. The highest BCUT2D eigenvalue weighted by Gasteiger charge is 2.36. The summed E-state index contributed by atoms with van der Waals surface area (Å²) < 4.78 is 7.17. The Hall–Kier alpha value is -2.45. The Labute approximate surface area is 163 Å². The average Bonchev–Trinajstić information content (AvgIpc) is 3.16. The van der Waals surface area contributed by atoms with E-state index in [0.29, 0.717) is 44.3 Å². The average molecular weight is 386 g/mol. The van der Waals surface area contributed by atoms with Crippen LogP contribution in [0.25, 0.3) is 5.52 Å². The van der Waals surface area contributed by atoms with Crippen molar-refractivity contribution in [3.05, 3.63) is 36.2 Å². The molecule has 28 heavy (non-hydrogen) atoms. The second kappa shape index (κ2) is 8.28. The number of carbonyl (C=O) groups excluding carboxylic acids is 1. The van der Waals surface area contributed by atoms with Crippen LogP contribution >= 0.6 is 0 Å². The molecule has 2 atom stereocenters. The molecule has 4 heterocycles. The third kappa shape index (κ3) is 3.88. The number of ether oxygens (including phenoxy) is 1. The van der Waals surface area contributed by atoms with Gasteiger partial charge in [-0.15, -0.1) is 0 Å². The van der Waals surface area contributed by atoms with Gasteiger partial charge in [-0.2, -0.15) is 5.10 Å². The van der Waals surface area contributed by atoms with Crippen molar-refractivity contribution in [1.29, 1.82) is 0 Å². The normalized spacial score (nSPS) is 23.8. The minimum Gasteiger partial charge on any atom is -0.481 e. The molecule has 2 aliphatic rings. The molecule has 2 saturated heterocycles. The Balaban J connectivity index is 1.51. The molecule has 2 aliphatic heterocycles. The van der Waals surface area contributed by atoms with Crippen molar-refractivity contribution < 1.29 is 19.4 Å². The van der Waals surface area contributed by atoms with Crippen LogP contribution in [0.2, 0.25) is 0 Å². The lowest BCUT2D eigenvalue weighted by molar-refractivity contribution is -0.137. The number of morpholine rings is 1. The molecule has 1 amide bonds. The number of amides is 1. The zero-order valence-corrected chi connectivity index (χ0v) is 15.9. The van der Waals surface area contributed by atoms with Gasteiger partial charge in [-0.1, -0.05) is 6.07 Å². The van der Waals surface area contributed by atoms with Gasteiger partial charge in [-0.25, -0.2) is 4.52 Å². The molecular weight excluding hydrogens is 360 g/mol. The second-order valence-corrected chi connectivity index (χ2v) is 7.54. The van der Waals surface area contributed by atoms with Crippen molar-refractivity contribution in [2.45, 2.75) is 25.3 Å². The molecule has 0 aliphatic carbocycles. The van der Waals surface area contributed by atoms with Crippen LogP contribution < -0.4 is 0 Å². The summed E-state index contributed by atoms with van der Waals surface area (Å²) in [6.45, 7) is 4.43. The van der Waals surface area contributed by atoms with E-state index in [4.69, 9.17) is 9.84 Å². The third-order valence-corrected chi connectivity index (χ3v) is 5.88. The van der Waals surface area contributed by atoms with Crippen molar-refractivity contribution in [1.82, 2.24) is 19.4 Å². The number of fused-ring (bicyclic) bond motifs is 1. The van der Waals surface area contributed by atoms with Crippen LogP contribution in [0.1, 0.15) is 29.6 Å². The van der Waals surface area contributed by atoms with Crippen molar-refractivity contribution in [3.63, 3.8) is 0 Å².